The molecule has 0 aliphatic heterocycles. The van der Waals surface area contributed by atoms with Crippen molar-refractivity contribution >= 4 is 41.3 Å². The highest BCUT2D eigenvalue weighted by Gasteiger charge is 2.15. The van der Waals surface area contributed by atoms with Gasteiger partial charge in [0.15, 0.2) is 0 Å². The van der Waals surface area contributed by atoms with Crippen molar-refractivity contribution in [3.05, 3.63) is 11.2 Å². The number of ether oxygens (including phenoxy) is 1. The predicted molar refractivity (Wildman–Crippen MR) is 103 cm³/mol. The van der Waals surface area contributed by atoms with Gasteiger partial charge in [0, 0.05) is 38.4 Å². The normalized spacial score (nSPS) is 11.1. The third kappa shape index (κ3) is 9.67. The number of thioether (sulfide) groups is 1. The lowest BCUT2D eigenvalue weighted by Crippen LogP contribution is -2.35. The summed E-state index contributed by atoms with van der Waals surface area (Å²) in [5, 5.41) is 3.58. The number of nitrogens with zero attached hydrogens (tertiary/aromatic N) is 3. The van der Waals surface area contributed by atoms with E-state index in [1.807, 2.05) is 0 Å². The summed E-state index contributed by atoms with van der Waals surface area (Å²) in [5.41, 5.74) is 5.01. The summed E-state index contributed by atoms with van der Waals surface area (Å²) >= 11 is 7.21. The maximum Gasteiger partial charge on any atom is 0.407 e. The molecule has 0 aromatic carbocycles. The molecule has 0 fully saturated rings. The van der Waals surface area contributed by atoms with Gasteiger partial charge in [-0.25, -0.2) is 14.8 Å². The van der Waals surface area contributed by atoms with Gasteiger partial charge in [-0.05, 0) is 27.2 Å². The molecule has 1 aromatic heterocycles. The summed E-state index contributed by atoms with van der Waals surface area (Å²) in [6.45, 7) is 6.41. The van der Waals surface area contributed by atoms with Crippen LogP contribution in [-0.4, -0.2) is 58.4 Å². The van der Waals surface area contributed by atoms with E-state index >= 15 is 0 Å². The third-order valence-corrected chi connectivity index (χ3v) is 4.13. The van der Waals surface area contributed by atoms with E-state index in [2.05, 4.69) is 15.3 Å². The molecule has 0 unspecified atom stereocenters. The average Bonchev–Trinajstić information content (AvgIpc) is 2.48. The van der Waals surface area contributed by atoms with Gasteiger partial charge in [0.1, 0.15) is 15.8 Å². The van der Waals surface area contributed by atoms with E-state index in [0.29, 0.717) is 36.7 Å². The molecule has 1 heterocycles. The van der Waals surface area contributed by atoms with Crippen LogP contribution in [0.4, 0.5) is 10.7 Å². The maximum absolute atomic E-state index is 12.1. The number of halogens is 1. The number of hydrogen-bond donors (Lipinski definition) is 2. The van der Waals surface area contributed by atoms with Crippen LogP contribution in [0.25, 0.3) is 0 Å². The van der Waals surface area contributed by atoms with Crippen LogP contribution in [0.15, 0.2) is 11.1 Å². The molecule has 0 aliphatic carbocycles. The summed E-state index contributed by atoms with van der Waals surface area (Å²) < 4.78 is 5.14. The van der Waals surface area contributed by atoms with Crippen LogP contribution in [0.3, 0.4) is 0 Å². The number of anilines is 1. The third-order valence-electron chi connectivity index (χ3n) is 3.02. The van der Waals surface area contributed by atoms with Crippen molar-refractivity contribution in [2.75, 3.05) is 31.6 Å². The molecule has 0 saturated carbocycles. The molecule has 8 nitrogen and oxygen atoms in total. The number of alkyl carbamates (subject to hydrolysis) is 1. The van der Waals surface area contributed by atoms with Gasteiger partial charge in [0.05, 0.1) is 0 Å². The fourth-order valence-electron chi connectivity index (χ4n) is 1.87. The van der Waals surface area contributed by atoms with Gasteiger partial charge in [-0.2, -0.15) is 0 Å². The molecular formula is C16H26ClN5O3S. The minimum Gasteiger partial charge on any atom is -0.444 e. The smallest absolute Gasteiger partial charge is 0.407 e. The first-order valence-corrected chi connectivity index (χ1v) is 9.57. The summed E-state index contributed by atoms with van der Waals surface area (Å²) in [6, 6.07) is 1.61. The van der Waals surface area contributed by atoms with Crippen molar-refractivity contribution in [2.45, 2.75) is 44.2 Å². The monoisotopic (exact) mass is 403 g/mol. The Balaban J connectivity index is 2.21. The molecule has 1 aromatic rings. The van der Waals surface area contributed by atoms with Crippen LogP contribution < -0.4 is 11.1 Å². The fourth-order valence-corrected chi connectivity index (χ4v) is 2.96. The molecule has 0 bridgehead atoms. The molecule has 0 atom stereocenters. The lowest BCUT2D eigenvalue weighted by atomic mass is 10.2. The van der Waals surface area contributed by atoms with Gasteiger partial charge in [0.2, 0.25) is 11.9 Å². The predicted octanol–water partition coefficient (Wildman–Crippen LogP) is 2.57. The molecule has 10 heteroatoms. The molecule has 146 valence electrons. The largest absolute Gasteiger partial charge is 0.444 e. The van der Waals surface area contributed by atoms with Gasteiger partial charge in [-0.1, -0.05) is 11.6 Å². The average molecular weight is 404 g/mol. The second-order valence-corrected chi connectivity index (χ2v) is 8.09. The minimum atomic E-state index is -0.521. The summed E-state index contributed by atoms with van der Waals surface area (Å²) in [5.74, 6) is 0.690. The summed E-state index contributed by atoms with van der Waals surface area (Å²) in [4.78, 5) is 33.1. The SMILES string of the molecule is CN(CCCNC(=O)OC(C)(C)C)C(=O)CCSc1cc(Cl)nc(N)n1. The Hall–Kier alpha value is -1.74. The second-order valence-electron chi connectivity index (χ2n) is 6.58. The Bertz CT molecular complexity index is 604. The van der Waals surface area contributed by atoms with Crippen molar-refractivity contribution in [1.29, 1.82) is 0 Å². The topological polar surface area (TPSA) is 110 Å². The van der Waals surface area contributed by atoms with Gasteiger partial charge in [-0.15, -0.1) is 11.8 Å². The highest BCUT2D eigenvalue weighted by Crippen LogP contribution is 2.20. The van der Waals surface area contributed by atoms with E-state index in [0.717, 1.165) is 0 Å². The van der Waals surface area contributed by atoms with Gasteiger partial charge in [0.25, 0.3) is 0 Å². The molecule has 3 N–H and O–H groups in total. The van der Waals surface area contributed by atoms with Gasteiger partial charge >= 0.3 is 6.09 Å². The Labute approximate surface area is 163 Å². The lowest BCUT2D eigenvalue weighted by Gasteiger charge is -2.20. The van der Waals surface area contributed by atoms with Crippen LogP contribution in [-0.2, 0) is 9.53 Å². The first-order chi connectivity index (χ1) is 12.1. The number of amides is 2. The van der Waals surface area contributed by atoms with Gasteiger partial charge in [-0.3, -0.25) is 4.79 Å². The number of carbonyl (C=O) groups excluding carboxylic acids is 2. The van der Waals surface area contributed by atoms with Crippen LogP contribution in [0.2, 0.25) is 5.15 Å². The van der Waals surface area contributed by atoms with Crippen LogP contribution >= 0.6 is 23.4 Å². The number of aromatic nitrogens is 2. The van der Waals surface area contributed by atoms with Crippen LogP contribution in [0.1, 0.15) is 33.6 Å². The quantitative estimate of drug-likeness (QED) is 0.389. The molecular weight excluding hydrogens is 378 g/mol. The maximum atomic E-state index is 12.1. The first kappa shape index (κ1) is 22.3. The van der Waals surface area contributed by atoms with Gasteiger partial charge < -0.3 is 20.7 Å². The van der Waals surface area contributed by atoms with E-state index in [1.54, 1.807) is 38.8 Å². The number of carbonyl (C=O) groups is 2. The van der Waals surface area contributed by atoms with E-state index in [9.17, 15) is 9.59 Å². The van der Waals surface area contributed by atoms with Crippen LogP contribution in [0.5, 0.6) is 0 Å². The Morgan fingerprint density at radius 3 is 2.69 bits per heavy atom. The van der Waals surface area contributed by atoms with E-state index in [-0.39, 0.29) is 17.0 Å². The van der Waals surface area contributed by atoms with Crippen LogP contribution in [0, 0.1) is 0 Å². The van der Waals surface area contributed by atoms with Crippen molar-refractivity contribution in [2.24, 2.45) is 0 Å². The van der Waals surface area contributed by atoms with E-state index in [1.165, 1.54) is 11.8 Å². The molecule has 0 saturated heterocycles. The van der Waals surface area contributed by atoms with Crippen molar-refractivity contribution in [1.82, 2.24) is 20.2 Å². The molecule has 26 heavy (non-hydrogen) atoms. The van der Waals surface area contributed by atoms with E-state index in [4.69, 9.17) is 22.1 Å². The number of nitrogens with two attached hydrogens (primary N) is 1. The summed E-state index contributed by atoms with van der Waals surface area (Å²) in [7, 11) is 1.74. The zero-order valence-corrected chi connectivity index (χ0v) is 17.1. The highest BCUT2D eigenvalue weighted by atomic mass is 35.5. The van der Waals surface area contributed by atoms with Crippen molar-refractivity contribution < 1.29 is 14.3 Å². The fraction of sp³-hybridized carbons (Fsp3) is 0.625. The lowest BCUT2D eigenvalue weighted by molar-refractivity contribution is -0.129. The minimum absolute atomic E-state index is 0.0166. The number of nitrogens with one attached hydrogen (secondary N) is 1. The zero-order valence-electron chi connectivity index (χ0n) is 15.5. The Kier molecular flexibility index (Phi) is 8.94. The molecule has 1 rings (SSSR count). The zero-order chi connectivity index (χ0) is 19.7. The standard InChI is InChI=1S/C16H26ClN5O3S/c1-16(2,3)25-15(24)19-7-5-8-22(4)13(23)6-9-26-12-10-11(17)20-14(18)21-12/h10H,5-9H2,1-4H3,(H,19,24)(H2,18,20,21). The molecule has 0 spiro atoms. The number of rotatable bonds is 8. The second kappa shape index (κ2) is 10.4. The van der Waals surface area contributed by atoms with E-state index < -0.39 is 11.7 Å². The number of hydrogen-bond acceptors (Lipinski definition) is 7. The first-order valence-electron chi connectivity index (χ1n) is 8.20. The Morgan fingerprint density at radius 1 is 1.38 bits per heavy atom. The molecule has 0 aliphatic rings. The Morgan fingerprint density at radius 2 is 2.08 bits per heavy atom. The summed E-state index contributed by atoms with van der Waals surface area (Å²) in [6.07, 6.45) is 0.556. The van der Waals surface area contributed by atoms with Crippen molar-refractivity contribution in [3.63, 3.8) is 0 Å². The number of nitrogen functional groups attached to an aromatic ring is 1. The molecule has 0 radical (unpaired) electrons. The highest BCUT2D eigenvalue weighted by molar-refractivity contribution is 7.99. The molecule has 2 amide bonds. The van der Waals surface area contributed by atoms with Crippen molar-refractivity contribution in [3.8, 4) is 0 Å².